The minimum Gasteiger partial charge on any atom is -0.478 e. The van der Waals surface area contributed by atoms with Gasteiger partial charge in [-0.2, -0.15) is 8.42 Å². The Hall–Kier alpha value is -0.880. The minimum absolute atomic E-state index is 0.176. The van der Waals surface area contributed by atoms with Gasteiger partial charge in [-0.25, -0.2) is 4.79 Å². The molecule has 0 heterocycles. The van der Waals surface area contributed by atoms with Gasteiger partial charge < -0.3 is 5.11 Å². The van der Waals surface area contributed by atoms with Crippen molar-refractivity contribution in [2.45, 2.75) is 13.8 Å². The predicted molar refractivity (Wildman–Crippen MR) is 44.5 cm³/mol. The molecule has 0 atom stereocenters. The SMILES string of the molecule is C=C(C)C(=O)O.CCS(=O)(=O)O. The van der Waals surface area contributed by atoms with Crippen LogP contribution in [0.15, 0.2) is 12.2 Å². The largest absolute Gasteiger partial charge is 0.478 e. The van der Waals surface area contributed by atoms with Crippen LogP contribution in [0.4, 0.5) is 0 Å². The van der Waals surface area contributed by atoms with Crippen molar-refractivity contribution >= 4 is 16.1 Å². The third-order valence-electron chi connectivity index (χ3n) is 0.730. The lowest BCUT2D eigenvalue weighted by Crippen LogP contribution is -1.97. The Kier molecular flexibility index (Phi) is 6.54. The summed E-state index contributed by atoms with van der Waals surface area (Å²) in [6.45, 7) is 5.97. The van der Waals surface area contributed by atoms with Gasteiger partial charge in [0, 0.05) is 5.57 Å². The molecule has 0 amide bonds. The summed E-state index contributed by atoms with van der Waals surface area (Å²) in [6.07, 6.45) is 0. The molecule has 2 N–H and O–H groups in total. The molecule has 0 aliphatic carbocycles. The fourth-order valence-corrected chi connectivity index (χ4v) is 0. The minimum atomic E-state index is -3.66. The molecule has 5 nitrogen and oxygen atoms in total. The van der Waals surface area contributed by atoms with E-state index < -0.39 is 16.1 Å². The summed E-state index contributed by atoms with van der Waals surface area (Å²) < 4.78 is 26.9. The first-order valence-electron chi connectivity index (χ1n) is 3.04. The molecule has 0 aromatic carbocycles. The van der Waals surface area contributed by atoms with E-state index in [1.807, 2.05) is 0 Å². The van der Waals surface area contributed by atoms with Crippen LogP contribution in [0.2, 0.25) is 0 Å². The zero-order valence-electron chi connectivity index (χ0n) is 6.94. The Bertz CT molecular complexity index is 239. The summed E-state index contributed by atoms with van der Waals surface area (Å²) in [6, 6.07) is 0. The number of hydrogen-bond donors (Lipinski definition) is 2. The van der Waals surface area contributed by atoms with Crippen molar-refractivity contribution < 1.29 is 22.9 Å². The lowest BCUT2D eigenvalue weighted by Gasteiger charge is -1.79. The standard InChI is InChI=1S/C4H6O2.C2H6O3S/c1-3(2)4(5)6;1-2-6(3,4)5/h1H2,2H3,(H,5,6);2H2,1H3,(H,3,4,5). The van der Waals surface area contributed by atoms with E-state index in [2.05, 4.69) is 6.58 Å². The van der Waals surface area contributed by atoms with Gasteiger partial charge in [-0.3, -0.25) is 4.55 Å². The first-order valence-corrected chi connectivity index (χ1v) is 4.65. The fourth-order valence-electron chi connectivity index (χ4n) is 0. The number of rotatable bonds is 2. The number of carboxylic acids is 1. The smallest absolute Gasteiger partial charge is 0.330 e. The number of carboxylic acid groups (broad SMARTS) is 1. The lowest BCUT2D eigenvalue weighted by molar-refractivity contribution is -0.132. The molecular formula is C6H12O5S. The highest BCUT2D eigenvalue weighted by molar-refractivity contribution is 7.85. The van der Waals surface area contributed by atoms with Gasteiger partial charge in [0.2, 0.25) is 0 Å². The molecule has 72 valence electrons. The first kappa shape index (κ1) is 13.7. The Morgan fingerprint density at radius 3 is 1.67 bits per heavy atom. The molecule has 0 aliphatic rings. The van der Waals surface area contributed by atoms with Crippen LogP contribution in [0.25, 0.3) is 0 Å². The molecule has 6 heteroatoms. The van der Waals surface area contributed by atoms with Crippen molar-refractivity contribution in [3.8, 4) is 0 Å². The second kappa shape index (κ2) is 5.73. The normalized spacial score (nSPS) is 9.58. The second-order valence-corrected chi connectivity index (χ2v) is 3.70. The summed E-state index contributed by atoms with van der Waals surface area (Å²) in [5.74, 6) is -1.14. The quantitative estimate of drug-likeness (QED) is 0.496. The Morgan fingerprint density at radius 2 is 1.67 bits per heavy atom. The Balaban J connectivity index is 0. The molecule has 0 saturated carbocycles. The van der Waals surface area contributed by atoms with Gasteiger partial charge in [0.25, 0.3) is 10.1 Å². The predicted octanol–water partition coefficient (Wildman–Crippen LogP) is 0.541. The summed E-state index contributed by atoms with van der Waals surface area (Å²) in [5.41, 5.74) is 0.176. The van der Waals surface area contributed by atoms with Crippen molar-refractivity contribution in [1.29, 1.82) is 0 Å². The van der Waals surface area contributed by atoms with Crippen LogP contribution in [0.3, 0.4) is 0 Å². The number of hydrogen-bond acceptors (Lipinski definition) is 3. The second-order valence-electron chi connectivity index (χ2n) is 1.96. The molecule has 0 aromatic heterocycles. The number of carbonyl (C=O) groups is 1. The van der Waals surface area contributed by atoms with Crippen LogP contribution in [0.5, 0.6) is 0 Å². The molecule has 0 aromatic rings. The summed E-state index contributed by atoms with van der Waals surface area (Å²) in [4.78, 5) is 9.60. The highest BCUT2D eigenvalue weighted by atomic mass is 32.2. The fraction of sp³-hybridized carbons (Fsp3) is 0.500. The van der Waals surface area contributed by atoms with E-state index in [-0.39, 0.29) is 11.3 Å². The Labute approximate surface area is 71.5 Å². The molecule has 12 heavy (non-hydrogen) atoms. The van der Waals surface area contributed by atoms with E-state index in [0.29, 0.717) is 0 Å². The average Bonchev–Trinajstić information content (AvgIpc) is 1.87. The van der Waals surface area contributed by atoms with Crippen LogP contribution in [-0.2, 0) is 14.9 Å². The third kappa shape index (κ3) is 16.1. The van der Waals surface area contributed by atoms with E-state index in [0.717, 1.165) is 0 Å². The van der Waals surface area contributed by atoms with Crippen LogP contribution < -0.4 is 0 Å². The first-order chi connectivity index (χ1) is 5.20. The van der Waals surface area contributed by atoms with E-state index >= 15 is 0 Å². The van der Waals surface area contributed by atoms with Crippen molar-refractivity contribution in [1.82, 2.24) is 0 Å². The van der Waals surface area contributed by atoms with Crippen LogP contribution in [0.1, 0.15) is 13.8 Å². The van der Waals surface area contributed by atoms with E-state index in [1.54, 1.807) is 0 Å². The lowest BCUT2D eigenvalue weighted by atomic mass is 10.4. The number of aliphatic carboxylic acids is 1. The highest BCUT2D eigenvalue weighted by Gasteiger charge is 1.93. The topological polar surface area (TPSA) is 91.7 Å². The van der Waals surface area contributed by atoms with Gasteiger partial charge in [-0.1, -0.05) is 6.58 Å². The van der Waals surface area contributed by atoms with E-state index in [9.17, 15) is 13.2 Å². The van der Waals surface area contributed by atoms with Gasteiger partial charge in [-0.15, -0.1) is 0 Å². The van der Waals surface area contributed by atoms with E-state index in [4.69, 9.17) is 9.66 Å². The molecule has 0 rings (SSSR count). The van der Waals surface area contributed by atoms with E-state index in [1.165, 1.54) is 13.8 Å². The molecule has 0 spiro atoms. The van der Waals surface area contributed by atoms with Gasteiger partial charge in [0.05, 0.1) is 5.75 Å². The average molecular weight is 196 g/mol. The molecular weight excluding hydrogens is 184 g/mol. The van der Waals surface area contributed by atoms with Crippen LogP contribution in [0, 0.1) is 0 Å². The maximum atomic E-state index is 9.60. The summed E-state index contributed by atoms with van der Waals surface area (Å²) in [5, 5.41) is 7.89. The highest BCUT2D eigenvalue weighted by Crippen LogP contribution is 1.81. The summed E-state index contributed by atoms with van der Waals surface area (Å²) >= 11 is 0. The molecule has 0 radical (unpaired) electrons. The monoisotopic (exact) mass is 196 g/mol. The zero-order valence-corrected chi connectivity index (χ0v) is 7.76. The molecule has 0 fully saturated rings. The van der Waals surface area contributed by atoms with Gasteiger partial charge in [0.15, 0.2) is 0 Å². The van der Waals surface area contributed by atoms with Gasteiger partial charge >= 0.3 is 5.97 Å². The molecule has 0 aliphatic heterocycles. The third-order valence-corrected chi connectivity index (χ3v) is 1.46. The maximum Gasteiger partial charge on any atom is 0.330 e. The van der Waals surface area contributed by atoms with Crippen molar-refractivity contribution in [2.24, 2.45) is 0 Å². The van der Waals surface area contributed by atoms with Crippen molar-refractivity contribution in [3.63, 3.8) is 0 Å². The van der Waals surface area contributed by atoms with Crippen LogP contribution in [-0.4, -0.2) is 29.8 Å². The van der Waals surface area contributed by atoms with Gasteiger partial charge in [-0.05, 0) is 13.8 Å². The maximum absolute atomic E-state index is 9.60. The van der Waals surface area contributed by atoms with Gasteiger partial charge in [0.1, 0.15) is 0 Å². The molecule has 0 bridgehead atoms. The zero-order chi connectivity index (χ0) is 10.4. The van der Waals surface area contributed by atoms with Crippen molar-refractivity contribution in [2.75, 3.05) is 5.75 Å². The molecule has 0 saturated heterocycles. The van der Waals surface area contributed by atoms with Crippen molar-refractivity contribution in [3.05, 3.63) is 12.2 Å². The Morgan fingerprint density at radius 1 is 1.50 bits per heavy atom. The summed E-state index contributed by atoms with van der Waals surface area (Å²) in [7, 11) is -3.66. The molecule has 0 unspecified atom stereocenters. The van der Waals surface area contributed by atoms with Crippen LogP contribution >= 0.6 is 0 Å².